The summed E-state index contributed by atoms with van der Waals surface area (Å²) >= 11 is 0. The number of rotatable bonds is 24. The van der Waals surface area contributed by atoms with Crippen LogP contribution in [-0.4, -0.2) is 39.4 Å². The fraction of sp³-hybridized carbons (Fsp3) is 0.368. The number of nitrogens with zero attached hydrogens (tertiary/aromatic N) is 8. The first-order valence-corrected chi connectivity index (χ1v) is 35.7. The number of ether oxygens (including phenoxy) is 8. The van der Waals surface area contributed by atoms with Crippen LogP contribution in [0.3, 0.4) is 0 Å². The van der Waals surface area contributed by atoms with Crippen LogP contribution in [-0.2, 0) is 0 Å². The number of nitro benzene ring substituents is 8. The molecule has 0 unspecified atom stereocenters. The average molecular weight is 1480 g/mol. The summed E-state index contributed by atoms with van der Waals surface area (Å²) in [4.78, 5) is 97.6. The van der Waals surface area contributed by atoms with Gasteiger partial charge in [-0.1, -0.05) is 105 Å². The average Bonchev–Trinajstić information content (AvgIpc) is 1.43. The SMILES string of the molecule is CCCCCC1c2cc3c4c(C)c2Oc2cc([N+](=O)[O-])c([N+](=O)[O-])cc2Oc2c1cc1c(c2C)Oc2cc([N+](=O)[O-])c([N+](=O)[O-])cc2Oc2c(cc5c(c2C)Oc2cc([N+](=O)[O-])c([N+](=O)[O-])cc2Oc2c(cc(c(c2C)Oc2cc([N+](=O)[O-])c([N+](=O)[O-])cc2O4)C3CCCCC)C5CCCCC)C1CCCCC. The molecule has 0 saturated heterocycles. The third-order valence-electron chi connectivity index (χ3n) is 20.9. The van der Waals surface area contributed by atoms with E-state index in [1.54, 1.807) is 27.7 Å². The van der Waals surface area contributed by atoms with Crippen molar-refractivity contribution >= 4 is 45.5 Å². The van der Waals surface area contributed by atoms with Crippen molar-refractivity contribution in [3.05, 3.63) is 220 Å². The number of hydrogen-bond donors (Lipinski definition) is 0. The van der Waals surface area contributed by atoms with Crippen LogP contribution in [0.1, 0.15) is 221 Å². The van der Waals surface area contributed by atoms with Gasteiger partial charge in [0, 0.05) is 90.4 Å². The number of nitro groups is 8. The minimum atomic E-state index is -1.01. The molecule has 1 aliphatic carbocycles. The largest absolute Gasteiger partial charge is 0.452 e. The molecular formula is C76H72N8O24. The van der Waals surface area contributed by atoms with Crippen LogP contribution in [0.2, 0.25) is 0 Å². The van der Waals surface area contributed by atoms with Gasteiger partial charge in [0.25, 0.3) is 0 Å². The van der Waals surface area contributed by atoms with E-state index in [0.717, 1.165) is 48.5 Å². The zero-order valence-electron chi connectivity index (χ0n) is 59.9. The smallest absolute Gasteiger partial charge is 0.350 e. The topological polar surface area (TPSA) is 419 Å². The molecule has 32 heteroatoms. The maximum Gasteiger partial charge on any atom is 0.350 e. The zero-order chi connectivity index (χ0) is 77.2. The van der Waals surface area contributed by atoms with Crippen molar-refractivity contribution in [2.75, 3.05) is 0 Å². The van der Waals surface area contributed by atoms with Crippen molar-refractivity contribution in [2.45, 2.75) is 182 Å². The number of benzene rings is 8. The van der Waals surface area contributed by atoms with Crippen LogP contribution in [0.25, 0.3) is 0 Å². The molecule has 0 amide bonds. The van der Waals surface area contributed by atoms with E-state index in [0.29, 0.717) is 122 Å². The Morgan fingerprint density at radius 3 is 0.472 bits per heavy atom. The monoisotopic (exact) mass is 1480 g/mol. The van der Waals surface area contributed by atoms with E-state index in [4.69, 9.17) is 37.9 Å². The first-order valence-electron chi connectivity index (χ1n) is 35.7. The van der Waals surface area contributed by atoms with Crippen molar-refractivity contribution in [1.29, 1.82) is 0 Å². The van der Waals surface area contributed by atoms with E-state index in [9.17, 15) is 80.9 Å². The molecule has 8 bridgehead atoms. The molecular weight excluding hydrogens is 1410 g/mol. The molecule has 4 aliphatic heterocycles. The van der Waals surface area contributed by atoms with Gasteiger partial charge in [-0.05, 0) is 77.6 Å². The van der Waals surface area contributed by atoms with Gasteiger partial charge in [-0.2, -0.15) is 0 Å². The van der Waals surface area contributed by atoms with E-state index < -0.39 is 155 Å². The summed E-state index contributed by atoms with van der Waals surface area (Å²) in [5.74, 6) is -7.41. The van der Waals surface area contributed by atoms with Crippen LogP contribution < -0.4 is 37.9 Å². The summed E-state index contributed by atoms with van der Waals surface area (Å²) in [6.45, 7) is 14.5. The fourth-order valence-electron chi connectivity index (χ4n) is 15.6. The lowest BCUT2D eigenvalue weighted by molar-refractivity contribution is -0.422. The number of fused-ring (bicyclic) bond motifs is 4. The Balaban J connectivity index is 1.33. The third-order valence-corrected chi connectivity index (χ3v) is 20.9. The maximum atomic E-state index is 13.2. The van der Waals surface area contributed by atoms with Gasteiger partial charge < -0.3 is 37.9 Å². The molecule has 0 radical (unpaired) electrons. The second-order valence-electron chi connectivity index (χ2n) is 27.6. The first kappa shape index (κ1) is 73.7. The normalized spacial score (nSPS) is 15.7. The second-order valence-corrected chi connectivity index (χ2v) is 27.6. The predicted molar refractivity (Wildman–Crippen MR) is 388 cm³/mol. The van der Waals surface area contributed by atoms with Crippen LogP contribution in [0, 0.1) is 109 Å². The van der Waals surface area contributed by atoms with Gasteiger partial charge in [0.05, 0.1) is 87.9 Å². The van der Waals surface area contributed by atoms with E-state index in [1.165, 1.54) is 0 Å². The lowest BCUT2D eigenvalue weighted by atomic mass is 9.74. The minimum absolute atomic E-state index is 0.0304. The van der Waals surface area contributed by atoms with E-state index in [-0.39, 0.29) is 93.9 Å². The van der Waals surface area contributed by atoms with Crippen LogP contribution in [0.5, 0.6) is 92.0 Å². The Morgan fingerprint density at radius 1 is 0.231 bits per heavy atom. The highest BCUT2D eigenvalue weighted by atomic mass is 16.7. The minimum Gasteiger partial charge on any atom is -0.452 e. The van der Waals surface area contributed by atoms with Crippen molar-refractivity contribution in [1.82, 2.24) is 0 Å². The summed E-state index contributed by atoms with van der Waals surface area (Å²) in [5, 5.41) is 105. The van der Waals surface area contributed by atoms with Crippen molar-refractivity contribution in [3.8, 4) is 92.0 Å². The van der Waals surface area contributed by atoms with Crippen LogP contribution in [0.15, 0.2) is 72.8 Å². The molecule has 0 saturated carbocycles. The van der Waals surface area contributed by atoms with Gasteiger partial charge in [0.1, 0.15) is 46.0 Å². The fourth-order valence-corrected chi connectivity index (χ4v) is 15.6. The van der Waals surface area contributed by atoms with Crippen molar-refractivity contribution in [2.24, 2.45) is 0 Å². The Hall–Kier alpha value is -12.6. The standard InChI is InChI=1S/C76H72N8O24/c1-9-13-17-21-41-45-25-47-42(22-18-14-10-2)49-27-51-44(24-20-16-12-4)52-28-50-43(23-19-15-11-3)48-26-46(41)70-38(6)72(48)104-64-32-56(80(91)92)58(82(95)96)34-66(64)106-74(50)40(8)76(52)108-68-36-60(84(99)100)59(83(97)98)35-67(68)107-75(51)39(7)73(49)105-65-33-57(81(93)94)55(79(89)90)31-63(65)103-71(47)37(5)69(45)101-61-29-53(77(85)86)54(78(87)88)30-62(61)102-70/h25-36,41-44H,9-24H2,1-8H3. The highest BCUT2D eigenvalue weighted by molar-refractivity contribution is 5.77. The zero-order valence-corrected chi connectivity index (χ0v) is 59.9. The van der Waals surface area contributed by atoms with Gasteiger partial charge in [-0.25, -0.2) is 0 Å². The summed E-state index contributed by atoms with van der Waals surface area (Å²) in [5.41, 5.74) is -4.39. The Labute approximate surface area is 614 Å². The molecule has 8 aromatic carbocycles. The first-order chi connectivity index (χ1) is 51.7. The number of hydrogen-bond acceptors (Lipinski definition) is 24. The molecule has 13 rings (SSSR count). The van der Waals surface area contributed by atoms with Crippen molar-refractivity contribution < 1.29 is 77.3 Å². The Morgan fingerprint density at radius 2 is 0.361 bits per heavy atom. The predicted octanol–water partition coefficient (Wildman–Crippen LogP) is 22.9. The van der Waals surface area contributed by atoms with E-state index >= 15 is 0 Å². The number of unbranched alkanes of at least 4 members (excludes halogenated alkanes) is 8. The summed E-state index contributed by atoms with van der Waals surface area (Å²) in [6, 6.07) is 14.2. The third kappa shape index (κ3) is 13.0. The molecule has 5 aliphatic rings. The summed E-state index contributed by atoms with van der Waals surface area (Å²) < 4.78 is 57.2. The molecule has 32 nitrogen and oxygen atoms in total. The highest BCUT2D eigenvalue weighted by Gasteiger charge is 2.45. The molecule has 108 heavy (non-hydrogen) atoms. The van der Waals surface area contributed by atoms with Crippen molar-refractivity contribution in [3.63, 3.8) is 0 Å². The maximum absolute atomic E-state index is 13.2. The molecule has 0 atom stereocenters. The lowest BCUT2D eigenvalue weighted by Gasteiger charge is -2.32. The molecule has 0 N–H and O–H groups in total. The van der Waals surface area contributed by atoms with Gasteiger partial charge in [-0.3, -0.25) is 80.9 Å². The highest BCUT2D eigenvalue weighted by Crippen LogP contribution is 2.64. The molecule has 0 fully saturated rings. The van der Waals surface area contributed by atoms with Gasteiger partial charge in [-0.15, -0.1) is 0 Å². The molecule has 560 valence electrons. The van der Waals surface area contributed by atoms with Gasteiger partial charge >= 0.3 is 45.5 Å². The van der Waals surface area contributed by atoms with E-state index in [2.05, 4.69) is 0 Å². The summed E-state index contributed by atoms with van der Waals surface area (Å²) in [6.07, 6.45) is 8.38. The molecule has 0 aromatic heterocycles. The summed E-state index contributed by atoms with van der Waals surface area (Å²) in [7, 11) is 0. The molecule has 4 heterocycles. The lowest BCUT2D eigenvalue weighted by Crippen LogP contribution is -2.15. The van der Waals surface area contributed by atoms with Crippen LogP contribution >= 0.6 is 0 Å². The quantitative estimate of drug-likeness (QED) is 0.0308. The Bertz CT molecular complexity index is 4300. The van der Waals surface area contributed by atoms with Crippen LogP contribution in [0.4, 0.5) is 45.5 Å². The Kier molecular flexibility index (Phi) is 20.0. The van der Waals surface area contributed by atoms with Gasteiger partial charge in [0.2, 0.25) is 0 Å². The molecule has 0 spiro atoms. The second kappa shape index (κ2) is 29.4. The molecule has 8 aromatic rings. The van der Waals surface area contributed by atoms with E-state index in [1.807, 2.05) is 52.0 Å². The van der Waals surface area contributed by atoms with Gasteiger partial charge in [0.15, 0.2) is 46.0 Å².